The summed E-state index contributed by atoms with van der Waals surface area (Å²) >= 11 is 0. The van der Waals surface area contributed by atoms with Gasteiger partial charge in [0.15, 0.2) is 11.6 Å². The summed E-state index contributed by atoms with van der Waals surface area (Å²) in [7, 11) is 0. The minimum atomic E-state index is -1.07. The smallest absolute Gasteiger partial charge is 0.335 e. The molecule has 0 saturated carbocycles. The van der Waals surface area contributed by atoms with Gasteiger partial charge in [0.25, 0.3) is 0 Å². The Hall–Kier alpha value is -5.68. The highest BCUT2D eigenvalue weighted by Gasteiger charge is 2.31. The molecule has 0 saturated heterocycles. The highest BCUT2D eigenvalue weighted by atomic mass is 16.4. The van der Waals surface area contributed by atoms with Crippen molar-refractivity contribution in [1.82, 2.24) is 0 Å². The van der Waals surface area contributed by atoms with Gasteiger partial charge >= 0.3 is 5.97 Å². The lowest BCUT2D eigenvalue weighted by molar-refractivity contribution is 0.0696. The molecule has 7 aromatic carbocycles. The average molecular weight is 529 g/mol. The van der Waals surface area contributed by atoms with Gasteiger partial charge in [-0.1, -0.05) is 54.6 Å². The molecule has 5 heteroatoms. The van der Waals surface area contributed by atoms with Crippen LogP contribution in [0.25, 0.3) is 65.3 Å². The van der Waals surface area contributed by atoms with E-state index in [2.05, 4.69) is 12.1 Å². The molecule has 0 atom stereocenters. The second-order valence-electron chi connectivity index (χ2n) is 10.8. The van der Waals surface area contributed by atoms with E-state index in [1.165, 1.54) is 6.07 Å². The van der Waals surface area contributed by atoms with Crippen LogP contribution in [0.4, 0.5) is 0 Å². The van der Waals surface area contributed by atoms with Crippen molar-refractivity contribution in [2.75, 3.05) is 0 Å². The van der Waals surface area contributed by atoms with Gasteiger partial charge in [0.05, 0.1) is 5.56 Å². The maximum Gasteiger partial charge on any atom is 0.335 e. The molecule has 0 aromatic heterocycles. The number of aldehydes is 1. The number of hydrogen-bond acceptors (Lipinski definition) is 4. The van der Waals surface area contributed by atoms with Gasteiger partial charge in [0, 0.05) is 38.6 Å². The monoisotopic (exact) mass is 528 g/mol. The molecule has 0 aliphatic heterocycles. The van der Waals surface area contributed by atoms with Gasteiger partial charge in [-0.25, -0.2) is 4.79 Å². The third-order valence-electron chi connectivity index (χ3n) is 8.91. The van der Waals surface area contributed by atoms with Crippen molar-refractivity contribution in [2.45, 2.75) is 0 Å². The van der Waals surface area contributed by atoms with Crippen LogP contribution in [0.5, 0.6) is 0 Å². The molecule has 5 nitrogen and oxygen atoms in total. The zero-order valence-corrected chi connectivity index (χ0v) is 21.2. The van der Waals surface area contributed by atoms with Crippen molar-refractivity contribution in [2.24, 2.45) is 0 Å². The second-order valence-corrected chi connectivity index (χ2v) is 10.8. The Morgan fingerprint density at radius 1 is 0.488 bits per heavy atom. The number of aromatic carboxylic acids is 1. The van der Waals surface area contributed by atoms with Crippen LogP contribution in [0.15, 0.2) is 84.9 Å². The standard InChI is InChI=1S/C36H16O5/c37-15-16-1-3-18-20-5-7-22-23-8-6-21-19-4-2-17(36(40)41)14-29(19)35(39)27-12-10-25(31(23)33(21)27)24-9-11-26(32(20)30(22)24)34(38)28(18)13-16/h1-15H,(H,40,41). The van der Waals surface area contributed by atoms with Crippen molar-refractivity contribution in [1.29, 1.82) is 0 Å². The highest BCUT2D eigenvalue weighted by Crippen LogP contribution is 2.50. The molecule has 0 heterocycles. The molecule has 2 aliphatic carbocycles. The van der Waals surface area contributed by atoms with Crippen LogP contribution in [0.3, 0.4) is 0 Å². The van der Waals surface area contributed by atoms with Gasteiger partial charge in [-0.05, 0) is 84.9 Å². The Kier molecular flexibility index (Phi) is 3.94. The second kappa shape index (κ2) is 7.29. The zero-order valence-electron chi connectivity index (χ0n) is 21.2. The molecule has 0 bridgehead atoms. The minimum absolute atomic E-state index is 0.0818. The number of carbonyl (C=O) groups is 4. The van der Waals surface area contributed by atoms with E-state index in [-0.39, 0.29) is 17.1 Å². The summed E-state index contributed by atoms with van der Waals surface area (Å²) in [6.45, 7) is 0. The first-order valence-electron chi connectivity index (χ1n) is 13.2. The third-order valence-corrected chi connectivity index (χ3v) is 8.91. The van der Waals surface area contributed by atoms with Crippen LogP contribution in [0.1, 0.15) is 52.6 Å². The van der Waals surface area contributed by atoms with Crippen molar-refractivity contribution in [3.63, 3.8) is 0 Å². The summed E-state index contributed by atoms with van der Waals surface area (Å²) in [5.74, 6) is -1.36. The Balaban J connectivity index is 1.43. The van der Waals surface area contributed by atoms with Crippen molar-refractivity contribution in [3.8, 4) is 22.3 Å². The fraction of sp³-hybridized carbons (Fsp3) is 0. The van der Waals surface area contributed by atoms with Crippen LogP contribution in [-0.4, -0.2) is 28.9 Å². The van der Waals surface area contributed by atoms with E-state index in [0.717, 1.165) is 71.6 Å². The molecule has 0 fully saturated rings. The maximum absolute atomic E-state index is 13.7. The summed E-state index contributed by atoms with van der Waals surface area (Å²) in [5, 5.41) is 17.2. The average Bonchev–Trinajstić information content (AvgIpc) is 3.01. The molecule has 7 aromatic rings. The van der Waals surface area contributed by atoms with Crippen molar-refractivity contribution in [3.05, 3.63) is 118 Å². The van der Waals surface area contributed by atoms with Crippen LogP contribution < -0.4 is 0 Å². The van der Waals surface area contributed by atoms with E-state index in [0.29, 0.717) is 27.8 Å². The van der Waals surface area contributed by atoms with E-state index in [4.69, 9.17) is 0 Å². The molecule has 0 spiro atoms. The van der Waals surface area contributed by atoms with E-state index in [1.807, 2.05) is 42.5 Å². The number of carbonyl (C=O) groups excluding carboxylic acids is 3. The number of rotatable bonds is 2. The Labute approximate surface area is 231 Å². The van der Waals surface area contributed by atoms with Crippen molar-refractivity contribution >= 4 is 66.9 Å². The summed E-state index contributed by atoms with van der Waals surface area (Å²) < 4.78 is 0. The topological polar surface area (TPSA) is 88.5 Å². The summed E-state index contributed by atoms with van der Waals surface area (Å²) in [5.41, 5.74) is 6.04. The van der Waals surface area contributed by atoms with Gasteiger partial charge in [-0.3, -0.25) is 14.4 Å². The molecule has 9 rings (SSSR count). The van der Waals surface area contributed by atoms with Gasteiger partial charge in [-0.15, -0.1) is 0 Å². The summed E-state index contributed by atoms with van der Waals surface area (Å²) in [6, 6.07) is 25.9. The molecule has 0 amide bonds. The van der Waals surface area contributed by atoms with Gasteiger partial charge in [-0.2, -0.15) is 0 Å². The van der Waals surface area contributed by atoms with E-state index < -0.39 is 5.97 Å². The summed E-state index contributed by atoms with van der Waals surface area (Å²) in [4.78, 5) is 50.5. The molecule has 0 unspecified atom stereocenters. The van der Waals surface area contributed by atoms with Gasteiger partial charge in [0.2, 0.25) is 0 Å². The lowest BCUT2D eigenvalue weighted by atomic mass is 9.76. The van der Waals surface area contributed by atoms with E-state index >= 15 is 0 Å². The first-order valence-corrected chi connectivity index (χ1v) is 13.2. The zero-order chi connectivity index (χ0) is 27.7. The van der Waals surface area contributed by atoms with E-state index in [1.54, 1.807) is 24.3 Å². The molecule has 0 radical (unpaired) electrons. The first-order chi connectivity index (χ1) is 20.0. The summed E-state index contributed by atoms with van der Waals surface area (Å²) in [6.07, 6.45) is 0.756. The molecule has 41 heavy (non-hydrogen) atoms. The Morgan fingerprint density at radius 2 is 0.927 bits per heavy atom. The number of fused-ring (bicyclic) bond motifs is 6. The minimum Gasteiger partial charge on any atom is -0.478 e. The number of benzene rings is 7. The lowest BCUT2D eigenvalue weighted by Gasteiger charge is -2.25. The van der Waals surface area contributed by atoms with Crippen LogP contribution in [0, 0.1) is 0 Å². The Bertz CT molecular complexity index is 2430. The molecular weight excluding hydrogens is 512 g/mol. The van der Waals surface area contributed by atoms with E-state index in [9.17, 15) is 24.3 Å². The number of hydrogen-bond donors (Lipinski definition) is 1. The first kappa shape index (κ1) is 22.2. The normalized spacial score (nSPS) is 13.3. The number of ketones is 2. The fourth-order valence-electron chi connectivity index (χ4n) is 7.16. The van der Waals surface area contributed by atoms with Crippen LogP contribution >= 0.6 is 0 Å². The maximum atomic E-state index is 13.7. The van der Waals surface area contributed by atoms with Crippen LogP contribution in [-0.2, 0) is 0 Å². The molecular formula is C36H16O5. The number of carboxylic acid groups (broad SMARTS) is 1. The highest BCUT2D eigenvalue weighted by molar-refractivity contribution is 6.41. The predicted molar refractivity (Wildman–Crippen MR) is 158 cm³/mol. The van der Waals surface area contributed by atoms with Crippen molar-refractivity contribution < 1.29 is 24.3 Å². The SMILES string of the molecule is O=Cc1ccc2c(c1)C(=O)c1ccc3c4ccc5c6c(ccc(c7ccc-2c1c37)c64)-c1ccc(C(=O)O)cc1C5=O. The Morgan fingerprint density at radius 3 is 1.41 bits per heavy atom. The van der Waals surface area contributed by atoms with Crippen LogP contribution in [0.2, 0.25) is 0 Å². The molecule has 190 valence electrons. The quantitative estimate of drug-likeness (QED) is 0.141. The largest absolute Gasteiger partial charge is 0.478 e. The predicted octanol–water partition coefficient (Wildman–Crippen LogP) is 7.67. The number of carboxylic acids is 1. The van der Waals surface area contributed by atoms with Gasteiger partial charge < -0.3 is 5.11 Å². The third kappa shape index (κ3) is 2.56. The fourth-order valence-corrected chi connectivity index (χ4v) is 7.16. The molecule has 1 N–H and O–H groups in total. The molecule has 2 aliphatic rings. The van der Waals surface area contributed by atoms with Gasteiger partial charge in [0.1, 0.15) is 6.29 Å². The lowest BCUT2D eigenvalue weighted by Crippen LogP contribution is -2.12.